The fourth-order valence-corrected chi connectivity index (χ4v) is 3.43. The summed E-state index contributed by atoms with van der Waals surface area (Å²) >= 11 is 12.0. The Kier molecular flexibility index (Phi) is 6.75. The highest BCUT2D eigenvalue weighted by atomic mass is 35.5. The van der Waals surface area contributed by atoms with Gasteiger partial charge in [0.2, 0.25) is 0 Å². The first-order valence-corrected chi connectivity index (χ1v) is 9.62. The number of amides is 2. The first-order valence-electron chi connectivity index (χ1n) is 8.87. The number of hydrogen-bond acceptors (Lipinski definition) is 4. The van der Waals surface area contributed by atoms with Gasteiger partial charge in [-0.1, -0.05) is 29.3 Å². The number of ether oxygens (including phenoxy) is 3. The standard InChI is InChI=1S/C20H22Cl2N2O4/c1-26-17-10-13-6-8-24(12-14(13)11-18(17)27-2)20(25)23-7-9-28-16-5-3-4-15(21)19(16)22/h3-5,10-11H,6-9,12H2,1-2H3,(H,23,25). The molecule has 28 heavy (non-hydrogen) atoms. The van der Waals surface area contributed by atoms with Gasteiger partial charge >= 0.3 is 6.03 Å². The highest BCUT2D eigenvalue weighted by Crippen LogP contribution is 2.33. The number of fused-ring (bicyclic) bond motifs is 1. The summed E-state index contributed by atoms with van der Waals surface area (Å²) in [5.74, 6) is 1.86. The monoisotopic (exact) mass is 424 g/mol. The molecule has 2 amide bonds. The van der Waals surface area contributed by atoms with E-state index in [0.717, 1.165) is 12.0 Å². The van der Waals surface area contributed by atoms with Crippen molar-refractivity contribution in [2.45, 2.75) is 13.0 Å². The lowest BCUT2D eigenvalue weighted by Gasteiger charge is -2.29. The Hall–Kier alpha value is -2.31. The van der Waals surface area contributed by atoms with Crippen LogP contribution in [0.5, 0.6) is 17.2 Å². The third-order valence-corrected chi connectivity index (χ3v) is 5.36. The molecule has 0 saturated heterocycles. The van der Waals surface area contributed by atoms with E-state index in [0.29, 0.717) is 53.5 Å². The molecule has 3 rings (SSSR count). The minimum atomic E-state index is -0.138. The first-order chi connectivity index (χ1) is 13.5. The summed E-state index contributed by atoms with van der Waals surface area (Å²) in [4.78, 5) is 14.2. The number of nitrogens with one attached hydrogen (secondary N) is 1. The summed E-state index contributed by atoms with van der Waals surface area (Å²) < 4.78 is 16.3. The number of carbonyl (C=O) groups is 1. The second-order valence-corrected chi connectivity index (χ2v) is 7.06. The molecule has 0 spiro atoms. The van der Waals surface area contributed by atoms with Gasteiger partial charge in [0, 0.05) is 13.1 Å². The van der Waals surface area contributed by atoms with Gasteiger partial charge in [0.15, 0.2) is 11.5 Å². The zero-order valence-electron chi connectivity index (χ0n) is 15.8. The van der Waals surface area contributed by atoms with Crippen LogP contribution >= 0.6 is 23.2 Å². The number of rotatable bonds is 6. The smallest absolute Gasteiger partial charge is 0.317 e. The van der Waals surface area contributed by atoms with Crippen LogP contribution in [0.2, 0.25) is 10.0 Å². The fourth-order valence-electron chi connectivity index (χ4n) is 3.08. The van der Waals surface area contributed by atoms with Gasteiger partial charge in [-0.2, -0.15) is 0 Å². The van der Waals surface area contributed by atoms with Crippen LogP contribution in [0, 0.1) is 0 Å². The maximum Gasteiger partial charge on any atom is 0.317 e. The largest absolute Gasteiger partial charge is 0.493 e. The number of benzene rings is 2. The van der Waals surface area contributed by atoms with Crippen LogP contribution in [0.15, 0.2) is 30.3 Å². The van der Waals surface area contributed by atoms with Crippen molar-refractivity contribution < 1.29 is 19.0 Å². The van der Waals surface area contributed by atoms with E-state index in [-0.39, 0.29) is 6.03 Å². The molecule has 0 aromatic heterocycles. The number of carbonyl (C=O) groups excluding carboxylic acids is 1. The summed E-state index contributed by atoms with van der Waals surface area (Å²) in [6, 6.07) is 8.96. The molecule has 0 aliphatic carbocycles. The molecule has 2 aromatic rings. The summed E-state index contributed by atoms with van der Waals surface area (Å²) in [7, 11) is 3.22. The zero-order valence-corrected chi connectivity index (χ0v) is 17.3. The normalized spacial score (nSPS) is 12.9. The minimum Gasteiger partial charge on any atom is -0.493 e. The molecular formula is C20H22Cl2N2O4. The molecule has 1 aliphatic heterocycles. The molecule has 0 atom stereocenters. The number of hydrogen-bond donors (Lipinski definition) is 1. The second kappa shape index (κ2) is 9.26. The summed E-state index contributed by atoms with van der Waals surface area (Å²) in [6.45, 7) is 1.80. The molecule has 1 heterocycles. The van der Waals surface area contributed by atoms with E-state index in [1.165, 1.54) is 5.56 Å². The Balaban J connectivity index is 1.53. The van der Waals surface area contributed by atoms with E-state index in [1.807, 2.05) is 12.1 Å². The molecule has 1 N–H and O–H groups in total. The SMILES string of the molecule is COc1cc2c(cc1OC)CN(C(=O)NCCOc1cccc(Cl)c1Cl)CC2. The van der Waals surface area contributed by atoms with Crippen molar-refractivity contribution in [3.05, 3.63) is 51.5 Å². The van der Waals surface area contributed by atoms with Gasteiger partial charge in [0.05, 0.1) is 25.8 Å². The third-order valence-electron chi connectivity index (χ3n) is 4.56. The van der Waals surface area contributed by atoms with Crippen LogP contribution in [0.4, 0.5) is 4.79 Å². The highest BCUT2D eigenvalue weighted by molar-refractivity contribution is 6.42. The third kappa shape index (κ3) is 4.56. The van der Waals surface area contributed by atoms with E-state index in [1.54, 1.807) is 37.3 Å². The Bertz CT molecular complexity index is 860. The lowest BCUT2D eigenvalue weighted by Crippen LogP contribution is -2.43. The van der Waals surface area contributed by atoms with Crippen molar-refractivity contribution in [3.63, 3.8) is 0 Å². The van der Waals surface area contributed by atoms with Crippen molar-refractivity contribution in [1.29, 1.82) is 0 Å². The fraction of sp³-hybridized carbons (Fsp3) is 0.350. The molecule has 0 saturated carbocycles. The predicted molar refractivity (Wildman–Crippen MR) is 109 cm³/mol. The average molecular weight is 425 g/mol. The van der Waals surface area contributed by atoms with Crippen LogP contribution in [0.25, 0.3) is 0 Å². The summed E-state index contributed by atoms with van der Waals surface area (Å²) in [5, 5.41) is 3.67. The van der Waals surface area contributed by atoms with Gasteiger partial charge in [-0.3, -0.25) is 0 Å². The van der Waals surface area contributed by atoms with Crippen molar-refractivity contribution in [2.75, 3.05) is 33.9 Å². The molecule has 0 fully saturated rings. The van der Waals surface area contributed by atoms with E-state index in [4.69, 9.17) is 37.4 Å². The van der Waals surface area contributed by atoms with Crippen molar-refractivity contribution in [1.82, 2.24) is 10.2 Å². The molecule has 0 radical (unpaired) electrons. The van der Waals surface area contributed by atoms with Gasteiger partial charge in [-0.15, -0.1) is 0 Å². The lowest BCUT2D eigenvalue weighted by atomic mass is 9.99. The van der Waals surface area contributed by atoms with Crippen molar-refractivity contribution >= 4 is 29.2 Å². The lowest BCUT2D eigenvalue weighted by molar-refractivity contribution is 0.189. The topological polar surface area (TPSA) is 60.0 Å². The van der Waals surface area contributed by atoms with E-state index in [9.17, 15) is 4.79 Å². The van der Waals surface area contributed by atoms with Crippen molar-refractivity contribution in [3.8, 4) is 17.2 Å². The van der Waals surface area contributed by atoms with Crippen LogP contribution in [-0.2, 0) is 13.0 Å². The van der Waals surface area contributed by atoms with Gasteiger partial charge < -0.3 is 24.4 Å². The van der Waals surface area contributed by atoms with Gasteiger partial charge in [-0.05, 0) is 41.8 Å². The quantitative estimate of drug-likeness (QED) is 0.707. The minimum absolute atomic E-state index is 0.138. The van der Waals surface area contributed by atoms with Crippen LogP contribution in [0.3, 0.4) is 0 Å². The Labute approximate surface area is 174 Å². The van der Waals surface area contributed by atoms with Gasteiger partial charge in [0.1, 0.15) is 17.4 Å². The number of methoxy groups -OCH3 is 2. The summed E-state index contributed by atoms with van der Waals surface area (Å²) in [6.07, 6.45) is 0.762. The molecule has 8 heteroatoms. The summed E-state index contributed by atoms with van der Waals surface area (Å²) in [5.41, 5.74) is 2.22. The maximum atomic E-state index is 12.5. The Morgan fingerprint density at radius 2 is 1.82 bits per heavy atom. The van der Waals surface area contributed by atoms with E-state index >= 15 is 0 Å². The maximum absolute atomic E-state index is 12.5. The molecule has 0 bridgehead atoms. The van der Waals surface area contributed by atoms with Crippen LogP contribution in [0.1, 0.15) is 11.1 Å². The Morgan fingerprint density at radius 3 is 2.54 bits per heavy atom. The number of halogens is 2. The van der Waals surface area contributed by atoms with E-state index in [2.05, 4.69) is 5.32 Å². The molecule has 0 unspecified atom stereocenters. The van der Waals surface area contributed by atoms with Crippen LogP contribution in [-0.4, -0.2) is 44.8 Å². The zero-order chi connectivity index (χ0) is 20.1. The molecule has 2 aromatic carbocycles. The number of urea groups is 1. The molecule has 6 nitrogen and oxygen atoms in total. The molecule has 150 valence electrons. The van der Waals surface area contributed by atoms with Gasteiger partial charge in [0.25, 0.3) is 0 Å². The second-order valence-electron chi connectivity index (χ2n) is 6.28. The van der Waals surface area contributed by atoms with Crippen molar-refractivity contribution in [2.24, 2.45) is 0 Å². The van der Waals surface area contributed by atoms with Crippen LogP contribution < -0.4 is 19.5 Å². The van der Waals surface area contributed by atoms with E-state index < -0.39 is 0 Å². The first kappa shape index (κ1) is 20.4. The van der Waals surface area contributed by atoms with Gasteiger partial charge in [-0.25, -0.2) is 4.79 Å². The predicted octanol–water partition coefficient (Wildman–Crippen LogP) is 4.16. The average Bonchev–Trinajstić information content (AvgIpc) is 2.72. The Morgan fingerprint density at radius 1 is 1.11 bits per heavy atom. The number of nitrogens with zero attached hydrogens (tertiary/aromatic N) is 1. The highest BCUT2D eigenvalue weighted by Gasteiger charge is 2.22. The molecular weight excluding hydrogens is 403 g/mol. The molecule has 1 aliphatic rings.